The second-order valence-corrected chi connectivity index (χ2v) is 9.99. The maximum atomic E-state index is 11.2. The molecule has 4 fully saturated rings. The summed E-state index contributed by atoms with van der Waals surface area (Å²) in [5.74, 6) is 3.14. The molecule has 138 valence electrons. The average Bonchev–Trinajstić information content (AvgIpc) is 2.88. The summed E-state index contributed by atoms with van der Waals surface area (Å²) < 4.78 is 0. The normalized spacial score (nSPS) is 57.1. The molecule has 4 rings (SSSR count). The van der Waals surface area contributed by atoms with Gasteiger partial charge in [0.2, 0.25) is 0 Å². The van der Waals surface area contributed by atoms with Crippen LogP contribution in [-0.4, -0.2) is 34.1 Å². The number of aliphatic hydroxyl groups excluding tert-OH is 3. The molecule has 0 heterocycles. The molecule has 24 heavy (non-hydrogen) atoms. The molecule has 0 aliphatic heterocycles. The predicted molar refractivity (Wildman–Crippen MR) is 94.3 cm³/mol. The Bertz CT molecular complexity index is 480. The van der Waals surface area contributed by atoms with Crippen molar-refractivity contribution in [2.45, 2.75) is 83.8 Å². The highest BCUT2D eigenvalue weighted by Crippen LogP contribution is 2.67. The van der Waals surface area contributed by atoms with Crippen LogP contribution in [0.15, 0.2) is 0 Å². The lowest BCUT2D eigenvalue weighted by Gasteiger charge is -2.62. The summed E-state index contributed by atoms with van der Waals surface area (Å²) in [5, 5.41) is 30.8. The molecule has 0 saturated heterocycles. The summed E-state index contributed by atoms with van der Waals surface area (Å²) >= 11 is 0. The first kappa shape index (κ1) is 17.3. The van der Waals surface area contributed by atoms with E-state index in [1.807, 2.05) is 0 Å². The van der Waals surface area contributed by atoms with Crippen molar-refractivity contribution in [3.63, 3.8) is 0 Å². The van der Waals surface area contributed by atoms with Crippen LogP contribution in [0.2, 0.25) is 0 Å². The van der Waals surface area contributed by atoms with Crippen molar-refractivity contribution in [3.05, 3.63) is 0 Å². The van der Waals surface area contributed by atoms with Crippen LogP contribution in [0.25, 0.3) is 0 Å². The Kier molecular flexibility index (Phi) is 4.29. The number of fused-ring (bicyclic) bond motifs is 5. The first-order valence-electron chi connectivity index (χ1n) is 10.4. The van der Waals surface area contributed by atoms with Gasteiger partial charge in [-0.2, -0.15) is 0 Å². The van der Waals surface area contributed by atoms with Crippen LogP contribution in [0.3, 0.4) is 0 Å². The Hall–Kier alpha value is -0.120. The zero-order valence-corrected chi connectivity index (χ0v) is 15.5. The smallest absolute Gasteiger partial charge is 0.0602 e. The summed E-state index contributed by atoms with van der Waals surface area (Å²) in [6.45, 7) is 5.05. The average molecular weight is 337 g/mol. The quantitative estimate of drug-likeness (QED) is 0.724. The molecule has 0 aromatic heterocycles. The molecule has 3 nitrogen and oxygen atoms in total. The molecule has 4 saturated carbocycles. The second kappa shape index (κ2) is 5.96. The molecule has 0 radical (unpaired) electrons. The number of rotatable bonds is 2. The first-order chi connectivity index (χ1) is 11.4. The van der Waals surface area contributed by atoms with Crippen LogP contribution in [0, 0.1) is 40.4 Å². The Morgan fingerprint density at radius 2 is 1.71 bits per heavy atom. The van der Waals surface area contributed by atoms with Gasteiger partial charge in [-0.25, -0.2) is 0 Å². The SMILES string of the molecule is C[C@]12C(CC[C@@H]1CCO)C1CC[C@@H]3C[C@H](O)CC[C@]3(C)C1C[C@@H]2O. The van der Waals surface area contributed by atoms with Gasteiger partial charge in [0.1, 0.15) is 0 Å². The molecule has 0 spiro atoms. The molecule has 0 aromatic rings. The highest BCUT2D eigenvalue weighted by atomic mass is 16.3. The zero-order valence-electron chi connectivity index (χ0n) is 15.5. The van der Waals surface area contributed by atoms with Crippen molar-refractivity contribution in [1.82, 2.24) is 0 Å². The molecule has 4 aliphatic rings. The third-order valence-corrected chi connectivity index (χ3v) is 9.41. The Morgan fingerprint density at radius 1 is 0.917 bits per heavy atom. The topological polar surface area (TPSA) is 60.7 Å². The third-order valence-electron chi connectivity index (χ3n) is 9.41. The van der Waals surface area contributed by atoms with Crippen molar-refractivity contribution in [2.24, 2.45) is 40.4 Å². The fourth-order valence-electron chi connectivity index (χ4n) is 7.95. The molecular weight excluding hydrogens is 300 g/mol. The molecule has 0 aromatic carbocycles. The maximum absolute atomic E-state index is 11.2. The third kappa shape index (κ3) is 2.27. The summed E-state index contributed by atoms with van der Waals surface area (Å²) in [6.07, 6.45) is 9.52. The molecule has 3 N–H and O–H groups in total. The van der Waals surface area contributed by atoms with Gasteiger partial charge in [0, 0.05) is 6.61 Å². The van der Waals surface area contributed by atoms with Gasteiger partial charge in [0.25, 0.3) is 0 Å². The molecule has 3 heteroatoms. The summed E-state index contributed by atoms with van der Waals surface area (Å²) in [5.41, 5.74) is 0.334. The highest BCUT2D eigenvalue weighted by molar-refractivity contribution is 5.11. The molecule has 4 aliphatic carbocycles. The van der Waals surface area contributed by atoms with Gasteiger partial charge >= 0.3 is 0 Å². The zero-order chi connectivity index (χ0) is 17.1. The molecular formula is C21H36O3. The van der Waals surface area contributed by atoms with Crippen LogP contribution in [0.5, 0.6) is 0 Å². The Morgan fingerprint density at radius 3 is 2.46 bits per heavy atom. The van der Waals surface area contributed by atoms with E-state index >= 15 is 0 Å². The Balaban J connectivity index is 1.63. The minimum atomic E-state index is -0.217. The van der Waals surface area contributed by atoms with Gasteiger partial charge in [-0.1, -0.05) is 13.8 Å². The van der Waals surface area contributed by atoms with Crippen molar-refractivity contribution >= 4 is 0 Å². The van der Waals surface area contributed by atoms with Gasteiger partial charge < -0.3 is 15.3 Å². The van der Waals surface area contributed by atoms with Crippen LogP contribution >= 0.6 is 0 Å². The largest absolute Gasteiger partial charge is 0.396 e. The van der Waals surface area contributed by atoms with Gasteiger partial charge in [-0.15, -0.1) is 0 Å². The van der Waals surface area contributed by atoms with Crippen molar-refractivity contribution in [2.75, 3.05) is 6.61 Å². The number of hydrogen-bond acceptors (Lipinski definition) is 3. The van der Waals surface area contributed by atoms with E-state index in [-0.39, 0.29) is 24.2 Å². The maximum Gasteiger partial charge on any atom is 0.0602 e. The minimum Gasteiger partial charge on any atom is -0.396 e. The predicted octanol–water partition coefficient (Wildman–Crippen LogP) is 3.36. The van der Waals surface area contributed by atoms with E-state index in [9.17, 15) is 15.3 Å². The van der Waals surface area contributed by atoms with E-state index in [1.54, 1.807) is 0 Å². The van der Waals surface area contributed by atoms with Gasteiger partial charge in [0.15, 0.2) is 0 Å². The molecule has 9 atom stereocenters. The number of hydrogen-bond donors (Lipinski definition) is 3. The van der Waals surface area contributed by atoms with Crippen LogP contribution < -0.4 is 0 Å². The van der Waals surface area contributed by atoms with E-state index in [0.29, 0.717) is 29.1 Å². The van der Waals surface area contributed by atoms with E-state index in [1.165, 1.54) is 25.7 Å². The summed E-state index contributed by atoms with van der Waals surface area (Å²) in [4.78, 5) is 0. The standard InChI is InChI=1S/C21H36O3/c1-20-9-7-15(23)11-14(20)3-5-16-17-6-4-13(8-10-22)21(17,2)19(24)12-18(16)20/h13-19,22-24H,3-12H2,1-2H3/t13-,14-,15-,16?,17?,18?,19+,20+,21-/m1/s1. The van der Waals surface area contributed by atoms with Gasteiger partial charge in [-0.05, 0) is 98.2 Å². The minimum absolute atomic E-state index is 0.0152. The van der Waals surface area contributed by atoms with Crippen molar-refractivity contribution < 1.29 is 15.3 Å². The van der Waals surface area contributed by atoms with Crippen molar-refractivity contribution in [3.8, 4) is 0 Å². The summed E-state index contributed by atoms with van der Waals surface area (Å²) in [7, 11) is 0. The Labute approximate surface area is 146 Å². The van der Waals surface area contributed by atoms with Crippen LogP contribution in [0.4, 0.5) is 0 Å². The van der Waals surface area contributed by atoms with Gasteiger partial charge in [-0.3, -0.25) is 0 Å². The van der Waals surface area contributed by atoms with E-state index in [2.05, 4.69) is 13.8 Å². The van der Waals surface area contributed by atoms with E-state index in [0.717, 1.165) is 38.0 Å². The monoisotopic (exact) mass is 336 g/mol. The van der Waals surface area contributed by atoms with Crippen LogP contribution in [0.1, 0.15) is 71.6 Å². The van der Waals surface area contributed by atoms with E-state index < -0.39 is 0 Å². The fourth-order valence-corrected chi connectivity index (χ4v) is 7.95. The summed E-state index contributed by atoms with van der Waals surface area (Å²) in [6, 6.07) is 0. The first-order valence-corrected chi connectivity index (χ1v) is 10.4. The highest BCUT2D eigenvalue weighted by Gasteiger charge is 2.62. The molecule has 0 bridgehead atoms. The lowest BCUT2D eigenvalue weighted by atomic mass is 9.44. The lowest BCUT2D eigenvalue weighted by molar-refractivity contribution is -0.171. The fraction of sp³-hybridized carbons (Fsp3) is 1.00. The molecule has 0 amide bonds. The van der Waals surface area contributed by atoms with Crippen LogP contribution in [-0.2, 0) is 0 Å². The van der Waals surface area contributed by atoms with E-state index in [4.69, 9.17) is 0 Å². The molecule has 3 unspecified atom stereocenters. The van der Waals surface area contributed by atoms with Crippen molar-refractivity contribution in [1.29, 1.82) is 0 Å². The second-order valence-electron chi connectivity index (χ2n) is 9.99. The van der Waals surface area contributed by atoms with Gasteiger partial charge in [0.05, 0.1) is 12.2 Å². The lowest BCUT2D eigenvalue weighted by Crippen LogP contribution is -2.58. The number of aliphatic hydroxyl groups is 3.